The third-order valence-corrected chi connectivity index (χ3v) is 12.8. The lowest BCUT2D eigenvalue weighted by atomic mass is 9.89. The van der Waals surface area contributed by atoms with Crippen molar-refractivity contribution in [1.29, 1.82) is 0 Å². The topological polar surface area (TPSA) is 186 Å². The van der Waals surface area contributed by atoms with Crippen LogP contribution in [-0.4, -0.2) is 106 Å². The summed E-state index contributed by atoms with van der Waals surface area (Å²) >= 11 is 0.890. The van der Waals surface area contributed by atoms with Crippen molar-refractivity contribution < 1.29 is 38.5 Å². The normalized spacial score (nSPS) is 14.1. The van der Waals surface area contributed by atoms with Gasteiger partial charge in [-0.25, -0.2) is 9.59 Å². The number of hydrogen-bond donors (Lipinski definition) is 0. The lowest BCUT2D eigenvalue weighted by Gasteiger charge is -2.33. The highest BCUT2D eigenvalue weighted by Gasteiger charge is 2.32. The molecule has 4 aromatic rings. The van der Waals surface area contributed by atoms with Crippen molar-refractivity contribution in [2.75, 3.05) is 52.4 Å². The molecule has 0 radical (unpaired) electrons. The molecule has 2 heterocycles. The van der Waals surface area contributed by atoms with Crippen molar-refractivity contribution in [3.63, 3.8) is 0 Å². The van der Waals surface area contributed by atoms with Crippen LogP contribution in [0.15, 0.2) is 119 Å². The molecule has 17 heteroatoms. The summed E-state index contributed by atoms with van der Waals surface area (Å²) in [5.41, 5.74) is 3.43. The molecule has 2 aliphatic rings. The summed E-state index contributed by atoms with van der Waals surface area (Å²) in [4.78, 5) is 84.3. The standard InChI is InChI=1S/C52H56N6O10S/c1-33(2)39-13-9-11-15-41(39)47-37(19-23-45(59)53-25-29-55(30-26-53)51(61)67-35(5)6)17-21-43(49(47)57(63)64)69-44-22-18-38(48(50(44)58(65)66)42-16-12-10-14-40(42)34(3)4)20-24-46(60)54-27-31-56(32-28-54)52(62)68-36(7)8/h9-24,33-34H,5,7,25-32H2,1-4,6,8H3. The molecular formula is C52H56N6O10S. The minimum atomic E-state index is -0.543. The molecule has 0 N–H and O–H groups in total. The van der Waals surface area contributed by atoms with E-state index in [2.05, 4.69) is 13.2 Å². The average molecular weight is 957 g/mol. The zero-order valence-electron chi connectivity index (χ0n) is 39.6. The first-order valence-corrected chi connectivity index (χ1v) is 23.4. The molecule has 0 bridgehead atoms. The summed E-state index contributed by atoms with van der Waals surface area (Å²) in [5.74, 6) is -0.301. The van der Waals surface area contributed by atoms with Gasteiger partial charge in [0.2, 0.25) is 11.8 Å². The highest BCUT2D eigenvalue weighted by Crippen LogP contribution is 2.50. The van der Waals surface area contributed by atoms with Gasteiger partial charge in [-0.1, -0.05) is 113 Å². The molecule has 360 valence electrons. The first-order chi connectivity index (χ1) is 32.9. The largest absolute Gasteiger partial charge is 0.416 e. The van der Waals surface area contributed by atoms with Gasteiger partial charge in [0.05, 0.1) is 42.3 Å². The van der Waals surface area contributed by atoms with Gasteiger partial charge in [0.1, 0.15) is 0 Å². The monoisotopic (exact) mass is 956 g/mol. The number of carbonyl (C=O) groups excluding carboxylic acids is 4. The molecule has 2 aliphatic heterocycles. The van der Waals surface area contributed by atoms with Crippen LogP contribution in [0.2, 0.25) is 0 Å². The quantitative estimate of drug-likeness (QED) is 0.0507. The van der Waals surface area contributed by atoms with Crippen LogP contribution in [0.1, 0.15) is 75.6 Å². The van der Waals surface area contributed by atoms with Crippen LogP contribution in [0.5, 0.6) is 0 Å². The molecule has 69 heavy (non-hydrogen) atoms. The van der Waals surface area contributed by atoms with Crippen molar-refractivity contribution in [2.24, 2.45) is 0 Å². The molecule has 6 rings (SSSR count). The summed E-state index contributed by atoms with van der Waals surface area (Å²) in [6.45, 7) is 20.2. The Hall–Kier alpha value is -7.53. The van der Waals surface area contributed by atoms with Crippen molar-refractivity contribution in [3.8, 4) is 22.3 Å². The van der Waals surface area contributed by atoms with Gasteiger partial charge in [-0.3, -0.25) is 29.8 Å². The average Bonchev–Trinajstić information content (AvgIpc) is 3.31. The summed E-state index contributed by atoms with van der Waals surface area (Å²) in [6, 6.07) is 21.0. The molecule has 0 unspecified atom stereocenters. The van der Waals surface area contributed by atoms with E-state index in [9.17, 15) is 39.4 Å². The van der Waals surface area contributed by atoms with Gasteiger partial charge in [-0.2, -0.15) is 0 Å². The van der Waals surface area contributed by atoms with Gasteiger partial charge in [-0.15, -0.1) is 0 Å². The second kappa shape index (κ2) is 22.5. The van der Waals surface area contributed by atoms with Crippen molar-refractivity contribution in [2.45, 2.75) is 63.2 Å². The van der Waals surface area contributed by atoms with E-state index in [-0.39, 0.29) is 120 Å². The number of nitrogens with zero attached hydrogens (tertiary/aromatic N) is 6. The fourth-order valence-corrected chi connectivity index (χ4v) is 9.36. The number of rotatable bonds is 14. The van der Waals surface area contributed by atoms with Crippen molar-refractivity contribution in [1.82, 2.24) is 19.6 Å². The molecule has 2 fully saturated rings. The summed E-state index contributed by atoms with van der Waals surface area (Å²) in [6.07, 6.45) is 4.72. The van der Waals surface area contributed by atoms with Gasteiger partial charge in [-0.05, 0) is 83.3 Å². The first kappa shape index (κ1) is 50.9. The molecule has 0 spiro atoms. The number of carbonyl (C=O) groups is 4. The van der Waals surface area contributed by atoms with Crippen LogP contribution in [0.3, 0.4) is 0 Å². The van der Waals surface area contributed by atoms with Crippen LogP contribution in [0, 0.1) is 20.2 Å². The number of benzene rings is 4. The second-order valence-electron chi connectivity index (χ2n) is 17.3. The Balaban J connectivity index is 1.42. The number of piperazine rings is 2. The van der Waals surface area contributed by atoms with E-state index < -0.39 is 22.0 Å². The summed E-state index contributed by atoms with van der Waals surface area (Å²) in [7, 11) is 0. The van der Waals surface area contributed by atoms with Crippen molar-refractivity contribution >= 4 is 59.3 Å². The summed E-state index contributed by atoms with van der Waals surface area (Å²) in [5, 5.41) is 26.9. The fraction of sp³-hybridized carbons (Fsp3) is 0.308. The van der Waals surface area contributed by atoms with Crippen LogP contribution in [-0.2, 0) is 19.1 Å². The maximum atomic E-state index is 13.6. The van der Waals surface area contributed by atoms with E-state index in [1.165, 1.54) is 34.1 Å². The van der Waals surface area contributed by atoms with Gasteiger partial charge >= 0.3 is 12.2 Å². The van der Waals surface area contributed by atoms with Gasteiger partial charge < -0.3 is 29.1 Å². The number of nitro groups is 2. The van der Waals surface area contributed by atoms with Crippen LogP contribution < -0.4 is 0 Å². The molecule has 0 saturated carbocycles. The Labute approximate surface area is 405 Å². The van der Waals surface area contributed by atoms with E-state index in [1.54, 1.807) is 72.2 Å². The molecular weight excluding hydrogens is 901 g/mol. The Morgan fingerprint density at radius 3 is 1.22 bits per heavy atom. The van der Waals surface area contributed by atoms with E-state index in [0.29, 0.717) is 22.3 Å². The Bertz CT molecular complexity index is 2560. The fourth-order valence-electron chi connectivity index (χ4n) is 8.30. The zero-order valence-corrected chi connectivity index (χ0v) is 40.5. The number of amides is 4. The molecule has 2 saturated heterocycles. The van der Waals surface area contributed by atoms with E-state index >= 15 is 0 Å². The number of allylic oxidation sites excluding steroid dienone is 2. The number of hydrogen-bond acceptors (Lipinski definition) is 11. The lowest BCUT2D eigenvalue weighted by molar-refractivity contribution is -0.387. The lowest BCUT2D eigenvalue weighted by Crippen LogP contribution is -2.50. The van der Waals surface area contributed by atoms with Crippen LogP contribution >= 0.6 is 11.8 Å². The third kappa shape index (κ3) is 12.1. The molecule has 0 aliphatic carbocycles. The Morgan fingerprint density at radius 1 is 0.565 bits per heavy atom. The minimum absolute atomic E-state index is 0.0596. The highest BCUT2D eigenvalue weighted by atomic mass is 32.2. The second-order valence-corrected chi connectivity index (χ2v) is 18.4. The minimum Gasteiger partial charge on any atom is -0.416 e. The van der Waals surface area contributed by atoms with E-state index in [0.717, 1.165) is 22.9 Å². The third-order valence-electron chi connectivity index (χ3n) is 11.7. The predicted molar refractivity (Wildman–Crippen MR) is 266 cm³/mol. The highest BCUT2D eigenvalue weighted by molar-refractivity contribution is 7.99. The molecule has 0 aromatic heterocycles. The molecule has 0 atom stereocenters. The summed E-state index contributed by atoms with van der Waals surface area (Å²) < 4.78 is 10.2. The SMILES string of the molecule is C=C(C)OC(=O)N1CCN(C(=O)C=Cc2ccc(Sc3ccc(C=CC(=O)N4CCN(C(=O)OC(=C)C)CC4)c(-c4ccccc4C(C)C)c3[N+](=O)[O-])c([N+](=O)[O-])c2-c2ccccc2C(C)C)CC1. The van der Waals surface area contributed by atoms with E-state index in [4.69, 9.17) is 9.47 Å². The Kier molecular flexibility index (Phi) is 16.6. The molecule has 16 nitrogen and oxygen atoms in total. The van der Waals surface area contributed by atoms with E-state index in [1.807, 2.05) is 52.0 Å². The predicted octanol–water partition coefficient (Wildman–Crippen LogP) is 10.9. The van der Waals surface area contributed by atoms with Crippen LogP contribution in [0.4, 0.5) is 21.0 Å². The first-order valence-electron chi connectivity index (χ1n) is 22.5. The maximum Gasteiger partial charge on any atom is 0.414 e. The van der Waals surface area contributed by atoms with Gasteiger partial charge in [0, 0.05) is 64.5 Å². The zero-order chi connectivity index (χ0) is 50.1. The van der Waals surface area contributed by atoms with Crippen LogP contribution in [0.25, 0.3) is 34.4 Å². The molecule has 4 amide bonds. The number of nitro benzene ring substituents is 2. The number of ether oxygens (including phenoxy) is 2. The smallest absolute Gasteiger partial charge is 0.414 e. The van der Waals surface area contributed by atoms with Gasteiger partial charge in [0.25, 0.3) is 11.4 Å². The Morgan fingerprint density at radius 2 is 0.899 bits per heavy atom. The molecule has 4 aromatic carbocycles. The van der Waals surface area contributed by atoms with Crippen molar-refractivity contribution in [3.05, 3.63) is 152 Å². The van der Waals surface area contributed by atoms with Gasteiger partial charge in [0.15, 0.2) is 0 Å². The maximum absolute atomic E-state index is 13.6.